The van der Waals surface area contributed by atoms with Crippen molar-refractivity contribution < 1.29 is 9.15 Å². The fourth-order valence-corrected chi connectivity index (χ4v) is 2.61. The first-order chi connectivity index (χ1) is 11.5. The highest BCUT2D eigenvalue weighted by atomic mass is 35.5. The molecule has 0 saturated carbocycles. The van der Waals surface area contributed by atoms with E-state index in [9.17, 15) is 0 Å². The van der Waals surface area contributed by atoms with Gasteiger partial charge in [-0.15, -0.1) is 0 Å². The first kappa shape index (κ1) is 16.5. The standard InChI is InChI=1S/C16H15ClN4O2S/c1-10-4-3-5-14(17)15(10)22-9-13-7-6-12(23-13)8-18-21-11(2)19-20-16(21)24/h3-8H,9H2,1-2H3,(H,20,24). The van der Waals surface area contributed by atoms with E-state index in [1.54, 1.807) is 25.3 Å². The van der Waals surface area contributed by atoms with E-state index in [0.717, 1.165) is 5.56 Å². The lowest BCUT2D eigenvalue weighted by Gasteiger charge is -2.09. The lowest BCUT2D eigenvalue weighted by Crippen LogP contribution is -1.96. The predicted molar refractivity (Wildman–Crippen MR) is 94.4 cm³/mol. The molecule has 0 aliphatic heterocycles. The number of H-pyrrole nitrogens is 1. The van der Waals surface area contributed by atoms with Crippen LogP contribution in [0.5, 0.6) is 5.75 Å². The number of halogens is 1. The summed E-state index contributed by atoms with van der Waals surface area (Å²) in [5.41, 5.74) is 0.973. The zero-order chi connectivity index (χ0) is 17.1. The number of aromatic nitrogens is 3. The number of nitrogens with zero attached hydrogens (tertiary/aromatic N) is 3. The van der Waals surface area contributed by atoms with Crippen LogP contribution in [0.15, 0.2) is 39.9 Å². The second kappa shape index (κ2) is 7.02. The smallest absolute Gasteiger partial charge is 0.216 e. The maximum absolute atomic E-state index is 6.14. The Kier molecular flexibility index (Phi) is 4.82. The van der Waals surface area contributed by atoms with Crippen LogP contribution in [-0.2, 0) is 6.61 Å². The van der Waals surface area contributed by atoms with Gasteiger partial charge in [0.15, 0.2) is 0 Å². The van der Waals surface area contributed by atoms with Crippen LogP contribution in [0, 0.1) is 18.6 Å². The van der Waals surface area contributed by atoms with Gasteiger partial charge in [0, 0.05) is 0 Å². The number of hydrogen-bond donors (Lipinski definition) is 1. The Labute approximate surface area is 148 Å². The molecule has 0 amide bonds. The van der Waals surface area contributed by atoms with Crippen molar-refractivity contribution in [1.82, 2.24) is 14.9 Å². The van der Waals surface area contributed by atoms with Gasteiger partial charge in [0.2, 0.25) is 4.77 Å². The van der Waals surface area contributed by atoms with Crippen molar-refractivity contribution in [2.45, 2.75) is 20.5 Å². The molecule has 1 aromatic carbocycles. The van der Waals surface area contributed by atoms with Gasteiger partial charge in [-0.1, -0.05) is 23.7 Å². The molecule has 0 aliphatic rings. The molecule has 0 fully saturated rings. The van der Waals surface area contributed by atoms with E-state index >= 15 is 0 Å². The Morgan fingerprint density at radius 1 is 1.38 bits per heavy atom. The number of rotatable bonds is 5. The van der Waals surface area contributed by atoms with Gasteiger partial charge in [0.05, 0.1) is 11.2 Å². The van der Waals surface area contributed by atoms with Crippen LogP contribution in [0.2, 0.25) is 5.02 Å². The number of benzene rings is 1. The topological polar surface area (TPSA) is 68.3 Å². The highest BCUT2D eigenvalue weighted by Crippen LogP contribution is 2.28. The van der Waals surface area contributed by atoms with E-state index in [1.165, 1.54) is 4.68 Å². The van der Waals surface area contributed by atoms with Crippen LogP contribution < -0.4 is 4.74 Å². The van der Waals surface area contributed by atoms with Gasteiger partial charge in [-0.25, -0.2) is 0 Å². The Bertz CT molecular complexity index is 921. The van der Waals surface area contributed by atoms with E-state index in [2.05, 4.69) is 15.3 Å². The van der Waals surface area contributed by atoms with Crippen molar-refractivity contribution in [2.75, 3.05) is 0 Å². The Morgan fingerprint density at radius 2 is 2.21 bits per heavy atom. The van der Waals surface area contributed by atoms with Gasteiger partial charge >= 0.3 is 0 Å². The van der Waals surface area contributed by atoms with Crippen molar-refractivity contribution >= 4 is 30.0 Å². The summed E-state index contributed by atoms with van der Waals surface area (Å²) in [6.07, 6.45) is 1.57. The first-order valence-corrected chi connectivity index (χ1v) is 7.98. The van der Waals surface area contributed by atoms with E-state index in [4.69, 9.17) is 33.0 Å². The minimum Gasteiger partial charge on any atom is -0.484 e. The highest BCUT2D eigenvalue weighted by molar-refractivity contribution is 7.71. The molecule has 0 atom stereocenters. The largest absolute Gasteiger partial charge is 0.484 e. The molecule has 6 nitrogen and oxygen atoms in total. The average molecular weight is 363 g/mol. The molecule has 3 rings (SSSR count). The molecule has 0 unspecified atom stereocenters. The van der Waals surface area contributed by atoms with Gasteiger partial charge in [0.25, 0.3) is 0 Å². The first-order valence-electron chi connectivity index (χ1n) is 7.19. The summed E-state index contributed by atoms with van der Waals surface area (Å²) in [6, 6.07) is 9.25. The molecule has 2 aromatic heterocycles. The van der Waals surface area contributed by atoms with Crippen molar-refractivity contribution in [2.24, 2.45) is 5.10 Å². The van der Waals surface area contributed by atoms with Gasteiger partial charge in [-0.2, -0.15) is 14.9 Å². The van der Waals surface area contributed by atoms with Gasteiger partial charge in [-0.3, -0.25) is 5.10 Å². The van der Waals surface area contributed by atoms with Gasteiger partial charge in [0.1, 0.15) is 29.7 Å². The highest BCUT2D eigenvalue weighted by Gasteiger charge is 2.07. The molecular formula is C16H15ClN4O2S. The molecule has 0 saturated heterocycles. The molecule has 24 heavy (non-hydrogen) atoms. The van der Waals surface area contributed by atoms with Crippen molar-refractivity contribution in [3.8, 4) is 5.75 Å². The SMILES string of the molecule is Cc1cccc(Cl)c1OCc1ccc(C=Nn2c(C)n[nH]c2=S)o1. The van der Waals surface area contributed by atoms with Crippen molar-refractivity contribution in [3.63, 3.8) is 0 Å². The van der Waals surface area contributed by atoms with E-state index in [0.29, 0.717) is 32.9 Å². The summed E-state index contributed by atoms with van der Waals surface area (Å²) in [5.74, 6) is 2.59. The predicted octanol–water partition coefficient (Wildman–Crippen LogP) is 4.27. The van der Waals surface area contributed by atoms with Crippen LogP contribution >= 0.6 is 23.8 Å². The molecule has 8 heteroatoms. The third-order valence-corrected chi connectivity index (χ3v) is 3.88. The average Bonchev–Trinajstić information content (AvgIpc) is 3.12. The van der Waals surface area contributed by atoms with Gasteiger partial charge in [-0.05, 0) is 49.8 Å². The van der Waals surface area contributed by atoms with E-state index < -0.39 is 0 Å². The molecule has 0 radical (unpaired) electrons. The normalized spacial score (nSPS) is 11.3. The quantitative estimate of drug-likeness (QED) is 0.543. The fraction of sp³-hybridized carbons (Fsp3) is 0.188. The number of aryl methyl sites for hydroxylation is 2. The molecule has 0 spiro atoms. The Balaban J connectivity index is 1.69. The molecule has 124 valence electrons. The lowest BCUT2D eigenvalue weighted by atomic mass is 10.2. The van der Waals surface area contributed by atoms with Crippen LogP contribution in [0.1, 0.15) is 22.9 Å². The zero-order valence-electron chi connectivity index (χ0n) is 13.1. The van der Waals surface area contributed by atoms with Crippen LogP contribution in [-0.4, -0.2) is 21.1 Å². The third kappa shape index (κ3) is 3.58. The number of ether oxygens (including phenoxy) is 1. The molecule has 2 heterocycles. The summed E-state index contributed by atoms with van der Waals surface area (Å²) in [4.78, 5) is 0. The zero-order valence-corrected chi connectivity index (χ0v) is 14.7. The Hall–Kier alpha value is -2.38. The second-order valence-corrected chi connectivity index (χ2v) is 5.90. The second-order valence-electron chi connectivity index (χ2n) is 5.11. The van der Waals surface area contributed by atoms with E-state index in [-0.39, 0.29) is 6.61 Å². The molecule has 1 N–H and O–H groups in total. The molecule has 0 bridgehead atoms. The number of nitrogens with one attached hydrogen (secondary N) is 1. The number of hydrogen-bond acceptors (Lipinski definition) is 5. The van der Waals surface area contributed by atoms with Gasteiger partial charge < -0.3 is 9.15 Å². The van der Waals surface area contributed by atoms with Crippen molar-refractivity contribution in [1.29, 1.82) is 0 Å². The fourth-order valence-electron chi connectivity index (χ4n) is 2.11. The summed E-state index contributed by atoms with van der Waals surface area (Å²) in [5, 5.41) is 11.5. The van der Waals surface area contributed by atoms with Crippen molar-refractivity contribution in [3.05, 3.63) is 63.0 Å². The minimum atomic E-state index is 0.280. The summed E-state index contributed by atoms with van der Waals surface area (Å²) < 4.78 is 13.4. The maximum Gasteiger partial charge on any atom is 0.216 e. The molecule has 3 aromatic rings. The summed E-state index contributed by atoms with van der Waals surface area (Å²) in [7, 11) is 0. The minimum absolute atomic E-state index is 0.280. The summed E-state index contributed by atoms with van der Waals surface area (Å²) in [6.45, 7) is 4.03. The number of furan rings is 1. The number of aromatic amines is 1. The summed E-state index contributed by atoms with van der Waals surface area (Å²) >= 11 is 11.2. The molecular weight excluding hydrogens is 348 g/mol. The monoisotopic (exact) mass is 362 g/mol. The van der Waals surface area contributed by atoms with Crippen LogP contribution in [0.25, 0.3) is 0 Å². The number of para-hydroxylation sites is 1. The maximum atomic E-state index is 6.14. The van der Waals surface area contributed by atoms with Crippen LogP contribution in [0.4, 0.5) is 0 Å². The van der Waals surface area contributed by atoms with E-state index in [1.807, 2.05) is 25.1 Å². The lowest BCUT2D eigenvalue weighted by molar-refractivity contribution is 0.268. The molecule has 0 aliphatic carbocycles. The van der Waals surface area contributed by atoms with Crippen LogP contribution in [0.3, 0.4) is 0 Å². The Morgan fingerprint density at radius 3 is 2.92 bits per heavy atom. The third-order valence-electron chi connectivity index (χ3n) is 3.32.